The number of furan rings is 1. The number of benzene rings is 8. The van der Waals surface area contributed by atoms with Gasteiger partial charge in [-0.15, -0.1) is 0 Å². The van der Waals surface area contributed by atoms with E-state index < -0.39 is 257 Å². The Kier molecular flexibility index (Phi) is 2.32. The van der Waals surface area contributed by atoms with Gasteiger partial charge in [-0.3, -0.25) is 0 Å². The minimum Gasteiger partial charge on any atom is -0.455 e. The lowest BCUT2D eigenvalue weighted by atomic mass is 9.83. The van der Waals surface area contributed by atoms with Crippen molar-refractivity contribution in [2.45, 2.75) is 0 Å². The monoisotopic (exact) mass is 600 g/mol. The Bertz CT molecular complexity index is 3980. The van der Waals surface area contributed by atoms with Crippen LogP contribution in [0.1, 0.15) is 38.4 Å². The van der Waals surface area contributed by atoms with Crippen LogP contribution in [0.15, 0.2) is 174 Å². The molecular formula is C44H28O. The second kappa shape index (κ2) is 10.4. The Morgan fingerprint density at radius 2 is 0.822 bits per heavy atom. The van der Waals surface area contributed by atoms with Gasteiger partial charge in [0.1, 0.15) is 11.2 Å². The summed E-state index contributed by atoms with van der Waals surface area (Å²) in [5.74, 6) is 0. The fraction of sp³-hybridized carbons (Fsp3) is 0. The molecule has 0 aliphatic carbocycles. The molecule has 0 aliphatic heterocycles. The molecule has 0 bridgehead atoms. The number of hydrogen-bond acceptors (Lipinski definition) is 1. The second-order valence-electron chi connectivity index (χ2n) is 9.51. The molecule has 0 amide bonds. The fourth-order valence-corrected chi connectivity index (χ4v) is 5.29. The minimum atomic E-state index is -1.07. The number of fused-ring (bicyclic) bond motifs is 5. The quantitative estimate of drug-likeness (QED) is 0.183. The van der Waals surface area contributed by atoms with Crippen molar-refractivity contribution in [2.75, 3.05) is 0 Å². The molecular weight excluding hydrogens is 544 g/mol. The third-order valence-corrected chi connectivity index (χ3v) is 7.12. The molecule has 0 saturated heterocycles. The molecule has 9 rings (SSSR count). The van der Waals surface area contributed by atoms with Crippen LogP contribution in [0.5, 0.6) is 0 Å². The first-order valence-electron chi connectivity index (χ1n) is 27.2. The average Bonchev–Trinajstić information content (AvgIpc) is 3.77. The Labute approximate surface area is 301 Å². The lowest BCUT2D eigenvalue weighted by molar-refractivity contribution is 0.670. The number of rotatable bonds is 4. The van der Waals surface area contributed by atoms with Gasteiger partial charge in [0.15, 0.2) is 0 Å². The van der Waals surface area contributed by atoms with E-state index in [4.69, 9.17) is 31.8 Å². The first-order chi connectivity index (χ1) is 34.0. The van der Waals surface area contributed by atoms with Crippen LogP contribution in [-0.2, 0) is 0 Å². The van der Waals surface area contributed by atoms with Crippen LogP contribution >= 0.6 is 0 Å². The molecule has 0 saturated carbocycles. The van der Waals surface area contributed by atoms with Crippen LogP contribution in [0.2, 0.25) is 0 Å². The molecule has 0 spiro atoms. The smallest absolute Gasteiger partial charge is 0.143 e. The van der Waals surface area contributed by atoms with Crippen LogP contribution in [0.4, 0.5) is 0 Å². The van der Waals surface area contributed by atoms with Crippen LogP contribution in [0.25, 0.3) is 88.0 Å². The average molecular weight is 601 g/mol. The molecule has 1 nitrogen and oxygen atoms in total. The molecule has 0 fully saturated rings. The number of hydrogen-bond donors (Lipinski definition) is 0. The highest BCUT2D eigenvalue weighted by Crippen LogP contribution is 2.47. The molecule has 210 valence electrons. The highest BCUT2D eigenvalue weighted by atomic mass is 16.3. The van der Waals surface area contributed by atoms with Crippen LogP contribution < -0.4 is 0 Å². The molecule has 45 heavy (non-hydrogen) atoms. The molecule has 0 N–H and O–H groups in total. The van der Waals surface area contributed by atoms with E-state index in [1.165, 1.54) is 0 Å². The Morgan fingerprint density at radius 3 is 1.47 bits per heavy atom. The molecule has 0 unspecified atom stereocenters. The maximum Gasteiger partial charge on any atom is 0.143 e. The van der Waals surface area contributed by atoms with Gasteiger partial charge in [0.25, 0.3) is 0 Å². The molecule has 0 aliphatic rings. The van der Waals surface area contributed by atoms with Crippen LogP contribution in [-0.4, -0.2) is 0 Å². The summed E-state index contributed by atoms with van der Waals surface area (Å²) >= 11 is 0. The maximum absolute atomic E-state index is 9.87. The molecule has 1 heterocycles. The van der Waals surface area contributed by atoms with Crippen LogP contribution in [0, 0.1) is 0 Å². The van der Waals surface area contributed by atoms with E-state index in [1.807, 2.05) is 0 Å². The normalized spacial score (nSPS) is 20.3. The van der Waals surface area contributed by atoms with Gasteiger partial charge in [-0.25, -0.2) is 0 Å². The molecule has 8 aromatic carbocycles. The summed E-state index contributed by atoms with van der Waals surface area (Å²) < 4.78 is 256. The van der Waals surface area contributed by atoms with Crippen molar-refractivity contribution >= 4 is 43.5 Å². The molecule has 1 heteroatoms. The van der Waals surface area contributed by atoms with E-state index in [-0.39, 0.29) is 0 Å². The van der Waals surface area contributed by atoms with Gasteiger partial charge < -0.3 is 4.42 Å². The Hall–Kier alpha value is -5.92. The molecule has 1 aromatic heterocycles. The maximum atomic E-state index is 9.87. The standard InChI is InChI=1S/C44H28O/c1-3-14-29(15-4-1)32-18-7-8-19-34(32)43-37-22-11-9-20-35(37)42(36-21-10-12-23-38(36)43)31-26-27-41-40(28-31)39-25-13-24-33(44(39)45-41)30-16-5-2-6-17-30/h1-28H/i1D,2D,3D,4D,5D,6D,7D,8D,9D,10D,11D,12D,13D,14D,15D,16D,17D,18D,19D,20D,21D,22D,23D,24D,25D,26D,27D,28D. The summed E-state index contributed by atoms with van der Waals surface area (Å²) in [6.45, 7) is 0. The lowest BCUT2D eigenvalue weighted by Crippen LogP contribution is -1.92. The highest BCUT2D eigenvalue weighted by Gasteiger charge is 2.20. The topological polar surface area (TPSA) is 13.1 Å². The lowest BCUT2D eigenvalue weighted by Gasteiger charge is -2.19. The zero-order chi connectivity index (χ0) is 54.1. The second-order valence-corrected chi connectivity index (χ2v) is 9.51. The van der Waals surface area contributed by atoms with Crippen LogP contribution in [0.3, 0.4) is 0 Å². The van der Waals surface area contributed by atoms with E-state index in [0.29, 0.717) is 0 Å². The Balaban J connectivity index is 1.61. The summed E-state index contributed by atoms with van der Waals surface area (Å²) in [5.41, 5.74) is -7.58. The highest BCUT2D eigenvalue weighted by molar-refractivity contribution is 6.23. The molecule has 9 aromatic rings. The van der Waals surface area contributed by atoms with E-state index in [9.17, 15) is 11.0 Å². The summed E-state index contributed by atoms with van der Waals surface area (Å²) in [6.07, 6.45) is 0. The summed E-state index contributed by atoms with van der Waals surface area (Å²) in [6, 6.07) is -27.1. The predicted octanol–water partition coefficient (Wildman–Crippen LogP) is 12.6. The zero-order valence-electron chi connectivity index (χ0n) is 50.4. The largest absolute Gasteiger partial charge is 0.455 e. The van der Waals surface area contributed by atoms with Gasteiger partial charge in [-0.2, -0.15) is 0 Å². The van der Waals surface area contributed by atoms with E-state index >= 15 is 0 Å². The first-order valence-corrected chi connectivity index (χ1v) is 13.2. The van der Waals surface area contributed by atoms with Gasteiger partial charge in [0.05, 0.1) is 38.4 Å². The van der Waals surface area contributed by atoms with Crippen molar-refractivity contribution in [1.82, 2.24) is 0 Å². The van der Waals surface area contributed by atoms with Crippen molar-refractivity contribution in [3.05, 3.63) is 169 Å². The van der Waals surface area contributed by atoms with E-state index in [0.717, 1.165) is 0 Å². The van der Waals surface area contributed by atoms with E-state index in [2.05, 4.69) is 0 Å². The summed E-state index contributed by atoms with van der Waals surface area (Å²) in [7, 11) is 0. The van der Waals surface area contributed by atoms with Crippen molar-refractivity contribution in [3.63, 3.8) is 0 Å². The third kappa shape index (κ3) is 4.09. The summed E-state index contributed by atoms with van der Waals surface area (Å²) in [5, 5.41) is -4.34. The third-order valence-electron chi connectivity index (χ3n) is 7.12. The van der Waals surface area contributed by atoms with Gasteiger partial charge in [0, 0.05) is 16.3 Å². The van der Waals surface area contributed by atoms with Gasteiger partial charge in [-0.05, 0) is 72.6 Å². The number of para-hydroxylation sites is 1. The van der Waals surface area contributed by atoms with E-state index in [1.54, 1.807) is 0 Å². The Morgan fingerprint density at radius 1 is 0.333 bits per heavy atom. The van der Waals surface area contributed by atoms with Crippen molar-refractivity contribution < 1.29 is 42.8 Å². The predicted molar refractivity (Wildman–Crippen MR) is 190 cm³/mol. The summed E-state index contributed by atoms with van der Waals surface area (Å²) in [4.78, 5) is 0. The minimum absolute atomic E-state index is 0.574. The fourth-order valence-electron chi connectivity index (χ4n) is 5.29. The first kappa shape index (κ1) is 10.1. The van der Waals surface area contributed by atoms with Gasteiger partial charge >= 0.3 is 0 Å². The van der Waals surface area contributed by atoms with Crippen molar-refractivity contribution in [3.8, 4) is 44.5 Å². The SMILES string of the molecule is [2H]c1c([2H])c([2H])c(-c2c([2H])c([2H])c([2H])c([2H])c2-c2c3c([2H])c([2H])c([2H])c([2H])c3c(-c3c([2H])c([2H])c4oc5c(-c6c([2H])c([2H])c([2H])c([2H])c6[2H])c([2H])c([2H])c([2H])c5c4c3[2H])c3c([2H])c([2H])c([2H])c([2H])c23)c([2H])c1[2H]. The van der Waals surface area contributed by atoms with Gasteiger partial charge in [-0.1, -0.05) is 157 Å². The van der Waals surface area contributed by atoms with Crippen molar-refractivity contribution in [2.24, 2.45) is 0 Å². The van der Waals surface area contributed by atoms with Crippen molar-refractivity contribution in [1.29, 1.82) is 0 Å². The molecule has 0 radical (unpaired) electrons. The van der Waals surface area contributed by atoms with Gasteiger partial charge in [0.2, 0.25) is 0 Å². The molecule has 0 atom stereocenters. The zero-order valence-corrected chi connectivity index (χ0v) is 22.4.